The Labute approximate surface area is 92.2 Å². The molecule has 0 saturated carbocycles. The largest absolute Gasteiger partial charge is 0.478 e. The van der Waals surface area contributed by atoms with Gasteiger partial charge in [-0.15, -0.1) is 0 Å². The second kappa shape index (κ2) is 3.84. The maximum atomic E-state index is 11.0. The highest BCUT2D eigenvalue weighted by atomic mass is 16.5. The van der Waals surface area contributed by atoms with Gasteiger partial charge in [0.2, 0.25) is 5.88 Å². The molecule has 0 atom stereocenters. The first kappa shape index (κ1) is 10.5. The number of carbonyl (C=O) groups is 1. The normalized spacial score (nSPS) is 10.6. The summed E-state index contributed by atoms with van der Waals surface area (Å²) in [5.41, 5.74) is 0.653. The minimum Gasteiger partial charge on any atom is -0.478 e. The summed E-state index contributed by atoms with van der Waals surface area (Å²) in [6.07, 6.45) is 0. The van der Waals surface area contributed by atoms with Gasteiger partial charge in [-0.2, -0.15) is 5.10 Å². The van der Waals surface area contributed by atoms with Crippen molar-refractivity contribution in [3.05, 3.63) is 23.8 Å². The first-order valence-electron chi connectivity index (χ1n) is 4.97. The number of carboxylic acids is 1. The van der Waals surface area contributed by atoms with E-state index < -0.39 is 5.97 Å². The Balaban J connectivity index is 2.72. The van der Waals surface area contributed by atoms with Crippen LogP contribution in [0, 0.1) is 0 Å². The SMILES string of the molecule is CCOc1c2cccc(C(=O)O)c2nn1C. The molecule has 0 aliphatic carbocycles. The third-order valence-corrected chi connectivity index (χ3v) is 2.32. The van der Waals surface area contributed by atoms with Crippen molar-refractivity contribution in [2.24, 2.45) is 7.05 Å². The standard InChI is InChI=1S/C11H12N2O3/c1-3-16-10-7-5-4-6-8(11(14)15)9(7)12-13(10)2/h4-6H,3H2,1-2H3,(H,14,15). The highest BCUT2D eigenvalue weighted by Crippen LogP contribution is 2.27. The predicted octanol–water partition coefficient (Wildman–Crippen LogP) is 1.67. The molecule has 0 radical (unpaired) electrons. The fourth-order valence-corrected chi connectivity index (χ4v) is 1.67. The second-order valence-electron chi connectivity index (χ2n) is 3.37. The molecule has 84 valence electrons. The summed E-state index contributed by atoms with van der Waals surface area (Å²) < 4.78 is 6.99. The van der Waals surface area contributed by atoms with Gasteiger partial charge in [0.15, 0.2) is 0 Å². The second-order valence-corrected chi connectivity index (χ2v) is 3.37. The monoisotopic (exact) mass is 220 g/mol. The van der Waals surface area contributed by atoms with Crippen molar-refractivity contribution in [3.8, 4) is 5.88 Å². The summed E-state index contributed by atoms with van der Waals surface area (Å²) in [5, 5.41) is 13.9. The first-order valence-corrected chi connectivity index (χ1v) is 4.97. The number of hydrogen-bond donors (Lipinski definition) is 1. The average molecular weight is 220 g/mol. The third-order valence-electron chi connectivity index (χ3n) is 2.32. The van der Waals surface area contributed by atoms with Crippen LogP contribution in [-0.4, -0.2) is 27.5 Å². The molecule has 5 heteroatoms. The number of ether oxygens (including phenoxy) is 1. The van der Waals surface area contributed by atoms with Crippen molar-refractivity contribution in [1.82, 2.24) is 9.78 Å². The molecular weight excluding hydrogens is 208 g/mol. The minimum absolute atomic E-state index is 0.194. The van der Waals surface area contributed by atoms with Crippen LogP contribution in [-0.2, 0) is 7.05 Å². The fourth-order valence-electron chi connectivity index (χ4n) is 1.67. The fraction of sp³-hybridized carbons (Fsp3) is 0.273. The number of nitrogens with zero attached hydrogens (tertiary/aromatic N) is 2. The van der Waals surface area contributed by atoms with Crippen molar-refractivity contribution in [2.45, 2.75) is 6.92 Å². The average Bonchev–Trinajstić information content (AvgIpc) is 2.56. The lowest BCUT2D eigenvalue weighted by Crippen LogP contribution is -1.99. The molecule has 0 spiro atoms. The molecule has 0 amide bonds. The van der Waals surface area contributed by atoms with Crippen LogP contribution in [0.5, 0.6) is 5.88 Å². The molecule has 0 aliphatic heterocycles. The zero-order valence-corrected chi connectivity index (χ0v) is 9.10. The van der Waals surface area contributed by atoms with Gasteiger partial charge in [-0.25, -0.2) is 9.48 Å². The Hall–Kier alpha value is -2.04. The van der Waals surface area contributed by atoms with E-state index in [2.05, 4.69) is 5.10 Å². The van der Waals surface area contributed by atoms with Crippen LogP contribution in [0.15, 0.2) is 18.2 Å². The number of aromatic carboxylic acids is 1. The van der Waals surface area contributed by atoms with Gasteiger partial charge >= 0.3 is 5.97 Å². The lowest BCUT2D eigenvalue weighted by atomic mass is 10.1. The smallest absolute Gasteiger partial charge is 0.337 e. The number of hydrogen-bond acceptors (Lipinski definition) is 3. The van der Waals surface area contributed by atoms with Crippen molar-refractivity contribution in [3.63, 3.8) is 0 Å². The first-order chi connectivity index (χ1) is 7.65. The Bertz CT molecular complexity index is 545. The van der Waals surface area contributed by atoms with Crippen LogP contribution in [0.3, 0.4) is 0 Å². The van der Waals surface area contributed by atoms with Gasteiger partial charge in [0.25, 0.3) is 0 Å². The molecule has 0 aliphatic rings. The Kier molecular flexibility index (Phi) is 2.52. The molecule has 1 aromatic carbocycles. The Morgan fingerprint density at radius 2 is 2.31 bits per heavy atom. The maximum absolute atomic E-state index is 11.0. The van der Waals surface area contributed by atoms with Crippen molar-refractivity contribution >= 4 is 16.9 Å². The summed E-state index contributed by atoms with van der Waals surface area (Å²) >= 11 is 0. The van der Waals surface area contributed by atoms with Gasteiger partial charge in [0, 0.05) is 7.05 Å². The van der Waals surface area contributed by atoms with Gasteiger partial charge in [0.05, 0.1) is 17.6 Å². The number of rotatable bonds is 3. The van der Waals surface area contributed by atoms with Crippen molar-refractivity contribution < 1.29 is 14.6 Å². The molecule has 1 aromatic heterocycles. The quantitative estimate of drug-likeness (QED) is 0.854. The highest BCUT2D eigenvalue weighted by Gasteiger charge is 2.16. The van der Waals surface area contributed by atoms with Gasteiger partial charge in [-0.3, -0.25) is 0 Å². The topological polar surface area (TPSA) is 64.3 Å². The molecule has 5 nitrogen and oxygen atoms in total. The van der Waals surface area contributed by atoms with Crippen LogP contribution in [0.25, 0.3) is 10.9 Å². The van der Waals surface area contributed by atoms with Gasteiger partial charge in [-0.1, -0.05) is 6.07 Å². The molecule has 1 N–H and O–H groups in total. The lowest BCUT2D eigenvalue weighted by molar-refractivity contribution is 0.0699. The van der Waals surface area contributed by atoms with E-state index in [-0.39, 0.29) is 5.56 Å². The van der Waals surface area contributed by atoms with Crippen LogP contribution < -0.4 is 4.74 Å². The van der Waals surface area contributed by atoms with Gasteiger partial charge < -0.3 is 9.84 Å². The summed E-state index contributed by atoms with van der Waals surface area (Å²) in [7, 11) is 1.73. The molecule has 16 heavy (non-hydrogen) atoms. The van der Waals surface area contributed by atoms with Gasteiger partial charge in [-0.05, 0) is 19.1 Å². The molecule has 1 heterocycles. The zero-order valence-electron chi connectivity index (χ0n) is 9.10. The van der Waals surface area contributed by atoms with E-state index in [0.717, 1.165) is 5.39 Å². The molecule has 0 bridgehead atoms. The van der Waals surface area contributed by atoms with E-state index in [1.807, 2.05) is 6.92 Å². The van der Waals surface area contributed by atoms with Crippen LogP contribution in [0.2, 0.25) is 0 Å². The summed E-state index contributed by atoms with van der Waals surface area (Å²) in [6, 6.07) is 5.03. The van der Waals surface area contributed by atoms with E-state index in [9.17, 15) is 4.79 Å². The molecule has 0 unspecified atom stereocenters. The van der Waals surface area contributed by atoms with E-state index in [1.54, 1.807) is 23.9 Å². The number of fused-ring (bicyclic) bond motifs is 1. The number of aromatic nitrogens is 2. The van der Waals surface area contributed by atoms with Gasteiger partial charge in [0.1, 0.15) is 5.52 Å². The molecule has 2 rings (SSSR count). The molecule has 0 fully saturated rings. The molecule has 0 saturated heterocycles. The van der Waals surface area contributed by atoms with Crippen molar-refractivity contribution in [2.75, 3.05) is 6.61 Å². The zero-order chi connectivity index (χ0) is 11.7. The minimum atomic E-state index is -0.980. The Morgan fingerprint density at radius 3 is 2.94 bits per heavy atom. The van der Waals surface area contributed by atoms with Crippen LogP contribution in [0.4, 0.5) is 0 Å². The van der Waals surface area contributed by atoms with Crippen LogP contribution >= 0.6 is 0 Å². The van der Waals surface area contributed by atoms with E-state index in [1.165, 1.54) is 6.07 Å². The highest BCUT2D eigenvalue weighted by molar-refractivity contribution is 6.03. The number of aryl methyl sites for hydroxylation is 1. The Morgan fingerprint density at radius 1 is 1.56 bits per heavy atom. The van der Waals surface area contributed by atoms with E-state index in [4.69, 9.17) is 9.84 Å². The molecular formula is C11H12N2O3. The maximum Gasteiger partial charge on any atom is 0.337 e. The molecule has 2 aromatic rings. The number of carboxylic acid groups (broad SMARTS) is 1. The van der Waals surface area contributed by atoms with Crippen LogP contribution in [0.1, 0.15) is 17.3 Å². The summed E-state index contributed by atoms with van der Waals surface area (Å²) in [4.78, 5) is 11.0. The van der Waals surface area contributed by atoms with Crippen molar-refractivity contribution in [1.29, 1.82) is 0 Å². The summed E-state index contributed by atoms with van der Waals surface area (Å²) in [6.45, 7) is 2.39. The predicted molar refractivity (Wildman–Crippen MR) is 58.8 cm³/mol. The summed E-state index contributed by atoms with van der Waals surface area (Å²) in [5.74, 6) is -0.382. The number of benzene rings is 1. The third kappa shape index (κ3) is 1.50. The van der Waals surface area contributed by atoms with E-state index >= 15 is 0 Å². The van der Waals surface area contributed by atoms with E-state index in [0.29, 0.717) is 18.0 Å². The lowest BCUT2D eigenvalue weighted by Gasteiger charge is -2.02.